The molecule has 2 rings (SSSR count). The molecule has 5 nitrogen and oxygen atoms in total. The van der Waals surface area contributed by atoms with Gasteiger partial charge in [-0.15, -0.1) is 0 Å². The molecule has 21 heavy (non-hydrogen) atoms. The van der Waals surface area contributed by atoms with Crippen molar-refractivity contribution in [3.05, 3.63) is 29.3 Å². The Morgan fingerprint density at radius 3 is 2.62 bits per heavy atom. The Labute approximate surface area is 124 Å². The number of carboxylic acids is 1. The van der Waals surface area contributed by atoms with Crippen molar-refractivity contribution < 1.29 is 14.7 Å². The summed E-state index contributed by atoms with van der Waals surface area (Å²) in [6, 6.07) is 4.84. The molecule has 1 aliphatic rings. The fraction of sp³-hybridized carbons (Fsp3) is 0.500. The number of carboxylic acid groups (broad SMARTS) is 1. The highest BCUT2D eigenvalue weighted by atomic mass is 16.4. The highest BCUT2D eigenvalue weighted by Crippen LogP contribution is 2.24. The second-order valence-electron chi connectivity index (χ2n) is 5.73. The zero-order valence-electron chi connectivity index (χ0n) is 12.3. The van der Waals surface area contributed by atoms with Crippen LogP contribution in [0.4, 0.5) is 5.69 Å². The third kappa shape index (κ3) is 3.74. The van der Waals surface area contributed by atoms with Gasteiger partial charge in [0.25, 0.3) is 5.91 Å². The monoisotopic (exact) mass is 290 g/mol. The van der Waals surface area contributed by atoms with Gasteiger partial charge in [0.05, 0.1) is 5.92 Å². The van der Waals surface area contributed by atoms with Gasteiger partial charge in [0.15, 0.2) is 0 Å². The minimum Gasteiger partial charge on any atom is -0.481 e. The number of amides is 1. The van der Waals surface area contributed by atoms with E-state index in [1.165, 1.54) is 0 Å². The van der Waals surface area contributed by atoms with Gasteiger partial charge in [-0.2, -0.15) is 0 Å². The number of aryl methyl sites for hydroxylation is 1. The third-order valence-electron chi connectivity index (χ3n) is 4.19. The Bertz CT molecular complexity index is 542. The number of rotatable bonds is 3. The predicted octanol–water partition coefficient (Wildman–Crippen LogP) is 2.34. The lowest BCUT2D eigenvalue weighted by atomic mass is 9.94. The van der Waals surface area contributed by atoms with Crippen molar-refractivity contribution in [3.8, 4) is 0 Å². The van der Waals surface area contributed by atoms with Crippen LogP contribution in [0.5, 0.6) is 0 Å². The first-order valence-electron chi connectivity index (χ1n) is 7.39. The van der Waals surface area contributed by atoms with Crippen LogP contribution in [0.15, 0.2) is 18.2 Å². The van der Waals surface area contributed by atoms with Crippen molar-refractivity contribution in [1.29, 1.82) is 0 Å². The molecule has 4 N–H and O–H groups in total. The molecule has 1 aliphatic carbocycles. The lowest BCUT2D eigenvalue weighted by molar-refractivity contribution is -0.142. The fourth-order valence-corrected chi connectivity index (χ4v) is 2.81. The second-order valence-corrected chi connectivity index (χ2v) is 5.73. The van der Waals surface area contributed by atoms with Crippen LogP contribution >= 0.6 is 0 Å². The van der Waals surface area contributed by atoms with Crippen LogP contribution in [0, 0.1) is 12.8 Å². The summed E-state index contributed by atoms with van der Waals surface area (Å²) < 4.78 is 0. The van der Waals surface area contributed by atoms with E-state index in [-0.39, 0.29) is 11.9 Å². The van der Waals surface area contributed by atoms with Gasteiger partial charge >= 0.3 is 5.97 Å². The van der Waals surface area contributed by atoms with Crippen molar-refractivity contribution in [2.75, 3.05) is 5.73 Å². The minimum atomic E-state index is -0.828. The van der Waals surface area contributed by atoms with E-state index in [4.69, 9.17) is 5.73 Å². The molecule has 1 saturated carbocycles. The highest BCUT2D eigenvalue weighted by Gasteiger charge is 2.30. The molecule has 1 amide bonds. The molecule has 2 atom stereocenters. The van der Waals surface area contributed by atoms with Gasteiger partial charge < -0.3 is 16.2 Å². The first kappa shape index (κ1) is 15.4. The molecule has 114 valence electrons. The zero-order chi connectivity index (χ0) is 15.4. The van der Waals surface area contributed by atoms with Gasteiger partial charge in [-0.25, -0.2) is 0 Å². The number of carbonyl (C=O) groups excluding carboxylic acids is 1. The number of anilines is 1. The van der Waals surface area contributed by atoms with Crippen LogP contribution in [0.3, 0.4) is 0 Å². The number of aliphatic carboxylic acids is 1. The van der Waals surface area contributed by atoms with Crippen molar-refractivity contribution in [1.82, 2.24) is 5.32 Å². The van der Waals surface area contributed by atoms with E-state index in [0.717, 1.165) is 24.8 Å². The average Bonchev–Trinajstić information content (AvgIpc) is 2.67. The molecule has 0 radical (unpaired) electrons. The summed E-state index contributed by atoms with van der Waals surface area (Å²) in [6.45, 7) is 1.88. The van der Waals surface area contributed by atoms with Crippen LogP contribution in [0.2, 0.25) is 0 Å². The summed E-state index contributed by atoms with van der Waals surface area (Å²) in [5.74, 6) is -1.58. The summed E-state index contributed by atoms with van der Waals surface area (Å²) >= 11 is 0. The maximum Gasteiger partial charge on any atom is 0.308 e. The quantitative estimate of drug-likeness (QED) is 0.588. The maximum absolute atomic E-state index is 12.3. The van der Waals surface area contributed by atoms with Gasteiger partial charge in [0, 0.05) is 17.3 Å². The molecule has 0 aromatic heterocycles. The molecule has 0 aliphatic heterocycles. The van der Waals surface area contributed by atoms with Crippen molar-refractivity contribution in [2.45, 2.75) is 45.1 Å². The molecule has 0 bridgehead atoms. The lowest BCUT2D eigenvalue weighted by Gasteiger charge is -2.23. The maximum atomic E-state index is 12.3. The third-order valence-corrected chi connectivity index (χ3v) is 4.19. The Morgan fingerprint density at radius 1 is 1.24 bits per heavy atom. The van der Waals surface area contributed by atoms with Crippen LogP contribution in [-0.2, 0) is 4.79 Å². The first-order valence-corrected chi connectivity index (χ1v) is 7.39. The van der Waals surface area contributed by atoms with Gasteiger partial charge in [0.2, 0.25) is 0 Å². The smallest absolute Gasteiger partial charge is 0.308 e. The van der Waals surface area contributed by atoms with Crippen molar-refractivity contribution in [2.24, 2.45) is 5.92 Å². The molecule has 1 aromatic carbocycles. The first-order chi connectivity index (χ1) is 9.99. The van der Waals surface area contributed by atoms with E-state index >= 15 is 0 Å². The van der Waals surface area contributed by atoms with Gasteiger partial charge in [-0.1, -0.05) is 25.3 Å². The molecule has 1 fully saturated rings. The summed E-state index contributed by atoms with van der Waals surface area (Å²) in [6.07, 6.45) is 4.21. The molecule has 0 saturated heterocycles. The number of nitrogens with two attached hydrogens (primary N) is 1. The molecular weight excluding hydrogens is 268 g/mol. The largest absolute Gasteiger partial charge is 0.481 e. The number of nitrogens with one attached hydrogen (secondary N) is 1. The van der Waals surface area contributed by atoms with Gasteiger partial charge in [-0.3, -0.25) is 9.59 Å². The van der Waals surface area contributed by atoms with Crippen LogP contribution in [0.1, 0.15) is 48.0 Å². The Morgan fingerprint density at radius 2 is 1.95 bits per heavy atom. The summed E-state index contributed by atoms with van der Waals surface area (Å²) in [5.41, 5.74) is 7.78. The van der Waals surface area contributed by atoms with Crippen LogP contribution in [0.25, 0.3) is 0 Å². The molecule has 0 spiro atoms. The number of carbonyl (C=O) groups is 2. The number of hydrogen-bond acceptors (Lipinski definition) is 3. The molecule has 5 heteroatoms. The van der Waals surface area contributed by atoms with Crippen molar-refractivity contribution in [3.63, 3.8) is 0 Å². The van der Waals surface area contributed by atoms with E-state index in [2.05, 4.69) is 5.32 Å². The number of hydrogen-bond donors (Lipinski definition) is 3. The van der Waals surface area contributed by atoms with Crippen LogP contribution < -0.4 is 11.1 Å². The number of nitrogen functional groups attached to an aromatic ring is 1. The molecule has 0 heterocycles. The minimum absolute atomic E-state index is 0.250. The summed E-state index contributed by atoms with van der Waals surface area (Å²) in [5, 5.41) is 12.2. The van der Waals surface area contributed by atoms with E-state index in [1.54, 1.807) is 18.2 Å². The Balaban J connectivity index is 2.12. The predicted molar refractivity (Wildman–Crippen MR) is 81.1 cm³/mol. The second kappa shape index (κ2) is 6.61. The normalized spacial score (nSPS) is 22.3. The molecule has 2 unspecified atom stereocenters. The summed E-state index contributed by atoms with van der Waals surface area (Å²) in [7, 11) is 0. The SMILES string of the molecule is Cc1ccc(C(=O)NC2CCCCCC2C(=O)O)cc1N. The molecule has 1 aromatic rings. The summed E-state index contributed by atoms with van der Waals surface area (Å²) in [4.78, 5) is 23.7. The Hall–Kier alpha value is -2.04. The fourth-order valence-electron chi connectivity index (χ4n) is 2.81. The van der Waals surface area contributed by atoms with E-state index in [1.807, 2.05) is 6.92 Å². The zero-order valence-corrected chi connectivity index (χ0v) is 12.3. The average molecular weight is 290 g/mol. The molecular formula is C16H22N2O3. The highest BCUT2D eigenvalue weighted by molar-refractivity contribution is 5.95. The Kier molecular flexibility index (Phi) is 4.83. The lowest BCUT2D eigenvalue weighted by Crippen LogP contribution is -2.42. The van der Waals surface area contributed by atoms with Crippen molar-refractivity contribution >= 4 is 17.6 Å². The van der Waals surface area contributed by atoms with Gasteiger partial charge in [0.1, 0.15) is 0 Å². The van der Waals surface area contributed by atoms with E-state index < -0.39 is 11.9 Å². The van der Waals surface area contributed by atoms with E-state index in [0.29, 0.717) is 24.1 Å². The van der Waals surface area contributed by atoms with Crippen LogP contribution in [-0.4, -0.2) is 23.0 Å². The van der Waals surface area contributed by atoms with E-state index in [9.17, 15) is 14.7 Å². The standard InChI is InChI=1S/C16H22N2O3/c1-10-7-8-11(9-13(10)17)15(19)18-14-6-4-2-3-5-12(14)16(20)21/h7-9,12,14H,2-6,17H2,1H3,(H,18,19)(H,20,21). The number of benzene rings is 1. The van der Waals surface area contributed by atoms with Gasteiger partial charge in [-0.05, 0) is 37.5 Å². The topological polar surface area (TPSA) is 92.4 Å².